The lowest BCUT2D eigenvalue weighted by atomic mass is 10.2. The van der Waals surface area contributed by atoms with Crippen molar-refractivity contribution in [2.75, 3.05) is 18.4 Å². The molecule has 0 unspecified atom stereocenters. The van der Waals surface area contributed by atoms with Crippen molar-refractivity contribution in [1.29, 1.82) is 0 Å². The molecule has 3 aromatic rings. The minimum Gasteiger partial charge on any atom is -0.444 e. The highest BCUT2D eigenvalue weighted by Crippen LogP contribution is 2.09. The van der Waals surface area contributed by atoms with Crippen LogP contribution in [0.3, 0.4) is 0 Å². The molecule has 35 heavy (non-hydrogen) atoms. The van der Waals surface area contributed by atoms with Crippen LogP contribution in [0.2, 0.25) is 5.28 Å². The monoisotopic (exact) mass is 501 g/mol. The first-order valence-corrected chi connectivity index (χ1v) is 10.9. The highest BCUT2D eigenvalue weighted by atomic mass is 35.5. The molecule has 184 valence electrons. The van der Waals surface area contributed by atoms with Crippen molar-refractivity contribution < 1.29 is 14.3 Å². The van der Waals surface area contributed by atoms with Crippen LogP contribution >= 0.6 is 11.6 Å². The summed E-state index contributed by atoms with van der Waals surface area (Å²) in [6, 6.07) is 7.93. The average Bonchev–Trinajstić information content (AvgIpc) is 2.78. The van der Waals surface area contributed by atoms with Crippen molar-refractivity contribution in [2.45, 2.75) is 33.3 Å². The number of hydrogen-bond donors (Lipinski definition) is 2. The number of nitrogens with one attached hydrogen (secondary N) is 2. The number of halogens is 1. The number of alkyl carbamates (subject to hydrolysis) is 1. The van der Waals surface area contributed by atoms with Gasteiger partial charge in [-0.2, -0.15) is 19.5 Å². The second-order valence-corrected chi connectivity index (χ2v) is 8.70. The van der Waals surface area contributed by atoms with Crippen LogP contribution in [0.4, 0.5) is 10.7 Å². The van der Waals surface area contributed by atoms with Crippen LogP contribution in [0, 0.1) is 6.92 Å². The maximum atomic E-state index is 13.1. The molecule has 2 N–H and O–H groups in total. The first-order valence-electron chi connectivity index (χ1n) is 10.5. The maximum absolute atomic E-state index is 13.1. The Hall–Kier alpha value is -4.06. The fraction of sp³-hybridized carbons (Fsp3) is 0.318. The third kappa shape index (κ3) is 6.51. The predicted octanol–water partition coefficient (Wildman–Crippen LogP) is 1.77. The standard InChI is InChI=1S/C22H24ClN7O5/c1-13-12-29(21(34)30(15(13)31)16(32)14-8-6-5-7-9-14)19-27-17(23)26-18(28-19)24-10-11-25-20(33)35-22(2,3)4/h5-9,12H,10-11H2,1-4H3,(H,25,33)(H,24,26,27,28). The fourth-order valence-corrected chi connectivity index (χ4v) is 3.04. The van der Waals surface area contributed by atoms with Crippen molar-refractivity contribution in [3.63, 3.8) is 0 Å². The van der Waals surface area contributed by atoms with Crippen molar-refractivity contribution in [1.82, 2.24) is 29.4 Å². The largest absolute Gasteiger partial charge is 0.444 e. The number of carbonyl (C=O) groups excluding carboxylic acids is 2. The molecule has 0 aliphatic rings. The summed E-state index contributed by atoms with van der Waals surface area (Å²) in [5, 5.41) is 5.20. The van der Waals surface area contributed by atoms with E-state index in [1.165, 1.54) is 25.3 Å². The first kappa shape index (κ1) is 25.6. The topological polar surface area (TPSA) is 150 Å². The Labute approximate surface area is 205 Å². The van der Waals surface area contributed by atoms with Gasteiger partial charge in [0.1, 0.15) is 5.60 Å². The Morgan fingerprint density at radius 1 is 1.06 bits per heavy atom. The Morgan fingerprint density at radius 2 is 1.74 bits per heavy atom. The van der Waals surface area contributed by atoms with E-state index in [0.29, 0.717) is 4.57 Å². The molecule has 0 atom stereocenters. The Bertz CT molecular complexity index is 1360. The molecule has 0 saturated heterocycles. The van der Waals surface area contributed by atoms with Gasteiger partial charge in [0, 0.05) is 30.4 Å². The molecule has 0 radical (unpaired) electrons. The van der Waals surface area contributed by atoms with E-state index >= 15 is 0 Å². The lowest BCUT2D eigenvalue weighted by Crippen LogP contribution is -2.44. The van der Waals surface area contributed by atoms with E-state index in [-0.39, 0.29) is 41.4 Å². The SMILES string of the molecule is Cc1cn(-c2nc(Cl)nc(NCCNC(=O)OC(C)(C)C)n2)c(=O)n(C(=O)c2ccccc2)c1=O. The van der Waals surface area contributed by atoms with Crippen molar-refractivity contribution in [3.8, 4) is 5.95 Å². The van der Waals surface area contributed by atoms with Gasteiger partial charge in [-0.15, -0.1) is 0 Å². The lowest BCUT2D eigenvalue weighted by Gasteiger charge is -2.19. The molecule has 3 rings (SSSR count). The molecule has 2 aromatic heterocycles. The molecule has 0 fully saturated rings. The van der Waals surface area contributed by atoms with Crippen molar-refractivity contribution in [2.24, 2.45) is 0 Å². The molecule has 0 spiro atoms. The zero-order valence-electron chi connectivity index (χ0n) is 19.5. The maximum Gasteiger partial charge on any atom is 0.407 e. The summed E-state index contributed by atoms with van der Waals surface area (Å²) in [5.41, 5.74) is -2.07. The molecule has 0 aliphatic carbocycles. The summed E-state index contributed by atoms with van der Waals surface area (Å²) >= 11 is 6.01. The van der Waals surface area contributed by atoms with Gasteiger partial charge in [-0.3, -0.25) is 9.59 Å². The molecule has 13 heteroatoms. The van der Waals surface area contributed by atoms with Crippen LogP contribution < -0.4 is 21.9 Å². The Kier molecular flexibility index (Phi) is 7.65. The van der Waals surface area contributed by atoms with Crippen LogP contribution in [0.1, 0.15) is 36.7 Å². The lowest BCUT2D eigenvalue weighted by molar-refractivity contribution is 0.0529. The van der Waals surface area contributed by atoms with Crippen LogP contribution in [0.5, 0.6) is 0 Å². The van der Waals surface area contributed by atoms with Crippen LogP contribution in [0.15, 0.2) is 46.1 Å². The number of anilines is 1. The minimum absolute atomic E-state index is 0.0164. The summed E-state index contributed by atoms with van der Waals surface area (Å²) in [7, 11) is 0. The van der Waals surface area contributed by atoms with E-state index in [2.05, 4.69) is 25.6 Å². The summed E-state index contributed by atoms with van der Waals surface area (Å²) in [6.07, 6.45) is 0.639. The summed E-state index contributed by atoms with van der Waals surface area (Å²) in [5.74, 6) is -0.970. The number of carbonyl (C=O) groups is 2. The van der Waals surface area contributed by atoms with Gasteiger partial charge >= 0.3 is 11.8 Å². The number of ether oxygens (including phenoxy) is 1. The Morgan fingerprint density at radius 3 is 2.40 bits per heavy atom. The number of aromatic nitrogens is 5. The van der Waals surface area contributed by atoms with E-state index in [1.807, 2.05) is 0 Å². The molecular formula is C22H24ClN7O5. The van der Waals surface area contributed by atoms with E-state index in [9.17, 15) is 19.2 Å². The quantitative estimate of drug-likeness (QED) is 0.481. The van der Waals surface area contributed by atoms with Gasteiger partial charge in [0.05, 0.1) is 0 Å². The van der Waals surface area contributed by atoms with Gasteiger partial charge in [0.25, 0.3) is 11.5 Å². The van der Waals surface area contributed by atoms with Crippen molar-refractivity contribution in [3.05, 3.63) is 73.8 Å². The number of aryl methyl sites for hydroxylation is 1. The zero-order valence-corrected chi connectivity index (χ0v) is 20.3. The first-order chi connectivity index (χ1) is 16.5. The van der Waals surface area contributed by atoms with Gasteiger partial charge in [0.2, 0.25) is 17.2 Å². The third-order valence-electron chi connectivity index (χ3n) is 4.37. The average molecular weight is 502 g/mol. The summed E-state index contributed by atoms with van der Waals surface area (Å²) in [6.45, 7) is 7.09. The highest BCUT2D eigenvalue weighted by Gasteiger charge is 2.20. The molecule has 1 amide bonds. The second-order valence-electron chi connectivity index (χ2n) is 8.36. The molecule has 0 bridgehead atoms. The zero-order chi connectivity index (χ0) is 25.8. The number of nitrogens with zero attached hydrogens (tertiary/aromatic N) is 5. The number of amides is 1. The molecular weight excluding hydrogens is 478 g/mol. The van der Waals surface area contributed by atoms with Gasteiger partial charge in [-0.05, 0) is 51.4 Å². The third-order valence-corrected chi connectivity index (χ3v) is 4.54. The summed E-state index contributed by atoms with van der Waals surface area (Å²) < 4.78 is 6.60. The van der Waals surface area contributed by atoms with Crippen LogP contribution in [0.25, 0.3) is 5.95 Å². The van der Waals surface area contributed by atoms with Gasteiger partial charge < -0.3 is 15.4 Å². The number of benzene rings is 1. The van der Waals surface area contributed by atoms with E-state index in [4.69, 9.17) is 16.3 Å². The molecule has 0 aliphatic heterocycles. The number of hydrogen-bond acceptors (Lipinski definition) is 9. The highest BCUT2D eigenvalue weighted by molar-refractivity contribution is 6.28. The minimum atomic E-state index is -0.964. The van der Waals surface area contributed by atoms with Gasteiger partial charge in [0.15, 0.2) is 0 Å². The van der Waals surface area contributed by atoms with Crippen LogP contribution in [-0.4, -0.2) is 54.8 Å². The number of rotatable bonds is 6. The summed E-state index contributed by atoms with van der Waals surface area (Å²) in [4.78, 5) is 62.4. The van der Waals surface area contributed by atoms with Gasteiger partial charge in [-0.1, -0.05) is 18.2 Å². The Balaban J connectivity index is 1.86. The van der Waals surface area contributed by atoms with E-state index in [1.54, 1.807) is 39.0 Å². The molecule has 1 aromatic carbocycles. The second kappa shape index (κ2) is 10.5. The van der Waals surface area contributed by atoms with E-state index < -0.39 is 28.9 Å². The molecule has 2 heterocycles. The fourth-order valence-electron chi connectivity index (χ4n) is 2.89. The smallest absolute Gasteiger partial charge is 0.407 e. The molecule has 12 nitrogen and oxygen atoms in total. The predicted molar refractivity (Wildman–Crippen MR) is 128 cm³/mol. The van der Waals surface area contributed by atoms with Gasteiger partial charge in [-0.25, -0.2) is 14.2 Å². The van der Waals surface area contributed by atoms with Crippen molar-refractivity contribution >= 4 is 29.5 Å². The normalized spacial score (nSPS) is 11.1. The van der Waals surface area contributed by atoms with E-state index in [0.717, 1.165) is 4.57 Å². The van der Waals surface area contributed by atoms with Crippen LogP contribution in [-0.2, 0) is 4.74 Å². The molecule has 0 saturated carbocycles.